The first-order valence-electron chi connectivity index (χ1n) is 6.10. The molecular formula is C12H15ClF3O4P. The highest BCUT2D eigenvalue weighted by Crippen LogP contribution is 2.63. The van der Waals surface area contributed by atoms with Gasteiger partial charge in [0, 0.05) is 0 Å². The van der Waals surface area contributed by atoms with Crippen LogP contribution in [0.3, 0.4) is 0 Å². The summed E-state index contributed by atoms with van der Waals surface area (Å²) in [7, 11) is -3.59. The minimum atomic E-state index is -4.77. The normalized spacial score (nSPS) is 14.0. The smallest absolute Gasteiger partial charge is 0.406 e. The first kappa shape index (κ1) is 18.3. The van der Waals surface area contributed by atoms with Crippen LogP contribution < -0.4 is 4.74 Å². The zero-order chi connectivity index (χ0) is 16.1. The van der Waals surface area contributed by atoms with Gasteiger partial charge in [0.05, 0.1) is 13.2 Å². The fraction of sp³-hybridized carbons (Fsp3) is 0.500. The minimum absolute atomic E-state index is 0.135. The predicted octanol–water partition coefficient (Wildman–Crippen LogP) is 5.09. The van der Waals surface area contributed by atoms with E-state index in [1.807, 2.05) is 0 Å². The summed E-state index contributed by atoms with van der Waals surface area (Å²) in [4.78, 5) is 0. The molecule has 0 aliphatic heterocycles. The van der Waals surface area contributed by atoms with E-state index >= 15 is 0 Å². The van der Waals surface area contributed by atoms with Gasteiger partial charge in [-0.2, -0.15) is 0 Å². The molecule has 9 heteroatoms. The lowest BCUT2D eigenvalue weighted by atomic mass is 10.2. The van der Waals surface area contributed by atoms with E-state index in [9.17, 15) is 17.7 Å². The van der Waals surface area contributed by atoms with Crippen LogP contribution in [-0.4, -0.2) is 19.6 Å². The summed E-state index contributed by atoms with van der Waals surface area (Å²) in [5.74, 6) is -0.391. The molecule has 120 valence electrons. The van der Waals surface area contributed by atoms with Crippen molar-refractivity contribution in [1.82, 2.24) is 0 Å². The zero-order valence-electron chi connectivity index (χ0n) is 11.4. The molecule has 0 N–H and O–H groups in total. The lowest BCUT2D eigenvalue weighted by molar-refractivity contribution is -0.274. The molecule has 4 nitrogen and oxygen atoms in total. The second-order valence-electron chi connectivity index (χ2n) is 3.83. The van der Waals surface area contributed by atoms with E-state index in [-0.39, 0.29) is 13.2 Å². The predicted molar refractivity (Wildman–Crippen MR) is 72.6 cm³/mol. The van der Waals surface area contributed by atoms with E-state index < -0.39 is 24.8 Å². The summed E-state index contributed by atoms with van der Waals surface area (Å²) < 4.78 is 62.5. The molecular weight excluding hydrogens is 332 g/mol. The molecule has 0 saturated carbocycles. The topological polar surface area (TPSA) is 44.8 Å². The molecule has 1 atom stereocenters. The van der Waals surface area contributed by atoms with Gasteiger partial charge in [-0.05, 0) is 31.5 Å². The largest absolute Gasteiger partial charge is 0.573 e. The van der Waals surface area contributed by atoms with Crippen molar-refractivity contribution in [3.05, 3.63) is 29.8 Å². The molecule has 0 heterocycles. The van der Waals surface area contributed by atoms with Crippen molar-refractivity contribution in [2.45, 2.75) is 25.3 Å². The number of benzene rings is 1. The van der Waals surface area contributed by atoms with Crippen LogP contribution in [0.25, 0.3) is 0 Å². The van der Waals surface area contributed by atoms with Gasteiger partial charge in [0.25, 0.3) is 0 Å². The van der Waals surface area contributed by atoms with Gasteiger partial charge in [0.1, 0.15) is 5.75 Å². The number of hydrogen-bond donors (Lipinski definition) is 0. The Balaban J connectivity index is 2.91. The highest BCUT2D eigenvalue weighted by atomic mass is 35.5. The summed E-state index contributed by atoms with van der Waals surface area (Å²) >= 11 is 6.08. The molecule has 0 aromatic heterocycles. The van der Waals surface area contributed by atoms with Crippen LogP contribution in [-0.2, 0) is 13.6 Å². The highest BCUT2D eigenvalue weighted by Gasteiger charge is 2.36. The van der Waals surface area contributed by atoms with Gasteiger partial charge in [-0.15, -0.1) is 24.8 Å². The van der Waals surface area contributed by atoms with Crippen LogP contribution in [0.15, 0.2) is 24.3 Å². The Labute approximate surface area is 125 Å². The van der Waals surface area contributed by atoms with Crippen LogP contribution in [0, 0.1) is 0 Å². The molecule has 0 aliphatic rings. The Morgan fingerprint density at radius 2 is 1.62 bits per heavy atom. The van der Waals surface area contributed by atoms with E-state index in [0.29, 0.717) is 5.56 Å². The van der Waals surface area contributed by atoms with Crippen molar-refractivity contribution in [1.29, 1.82) is 0 Å². The van der Waals surface area contributed by atoms with Crippen molar-refractivity contribution < 1.29 is 31.5 Å². The molecule has 0 amide bonds. The standard InChI is InChI=1S/C12H15ClF3O4P/c1-3-18-21(17,19-4-2)11(13)9-5-7-10(8-6-9)20-12(14,15)16/h5-8,11H,3-4H2,1-2H3. The minimum Gasteiger partial charge on any atom is -0.406 e. The van der Waals surface area contributed by atoms with Crippen molar-refractivity contribution in [3.63, 3.8) is 0 Å². The molecule has 0 fully saturated rings. The zero-order valence-corrected chi connectivity index (χ0v) is 13.0. The Morgan fingerprint density at radius 3 is 2.00 bits per heavy atom. The summed E-state index contributed by atoms with van der Waals surface area (Å²) in [5, 5.41) is -1.11. The van der Waals surface area contributed by atoms with Gasteiger partial charge in [-0.3, -0.25) is 4.57 Å². The Morgan fingerprint density at radius 1 is 1.14 bits per heavy atom. The van der Waals surface area contributed by atoms with Crippen LogP contribution in [0.5, 0.6) is 5.75 Å². The Kier molecular flexibility index (Phi) is 6.53. The monoisotopic (exact) mass is 346 g/mol. The first-order chi connectivity index (χ1) is 9.72. The summed E-state index contributed by atoms with van der Waals surface area (Å²) in [6.07, 6.45) is -4.77. The van der Waals surface area contributed by atoms with E-state index in [0.717, 1.165) is 12.1 Å². The van der Waals surface area contributed by atoms with Gasteiger partial charge < -0.3 is 13.8 Å². The molecule has 1 aromatic rings. The number of rotatable bonds is 7. The fourth-order valence-electron chi connectivity index (χ4n) is 1.54. The lowest BCUT2D eigenvalue weighted by Gasteiger charge is -2.22. The van der Waals surface area contributed by atoms with Gasteiger partial charge >= 0.3 is 14.0 Å². The molecule has 1 unspecified atom stereocenters. The first-order valence-corrected chi connectivity index (χ1v) is 8.15. The molecule has 0 saturated heterocycles. The van der Waals surface area contributed by atoms with Gasteiger partial charge in [-0.1, -0.05) is 12.1 Å². The Hall–Kier alpha value is -0.750. The molecule has 1 aromatic carbocycles. The van der Waals surface area contributed by atoms with Crippen LogP contribution in [0.1, 0.15) is 24.5 Å². The number of hydrogen-bond acceptors (Lipinski definition) is 4. The molecule has 21 heavy (non-hydrogen) atoms. The van der Waals surface area contributed by atoms with Gasteiger partial charge in [0.2, 0.25) is 0 Å². The van der Waals surface area contributed by atoms with Crippen molar-refractivity contribution in [3.8, 4) is 5.75 Å². The molecule has 0 bridgehead atoms. The maximum atomic E-state index is 12.4. The second kappa shape index (κ2) is 7.49. The average Bonchev–Trinajstić information content (AvgIpc) is 2.37. The molecule has 0 aliphatic carbocycles. The summed E-state index contributed by atoms with van der Waals surface area (Å²) in [6.45, 7) is 3.54. The SMILES string of the molecule is CCOP(=O)(OCC)C(Cl)c1ccc(OC(F)(F)F)cc1. The third-order valence-corrected chi connectivity index (χ3v) is 5.34. The third kappa shape index (κ3) is 5.51. The summed E-state index contributed by atoms with van der Waals surface area (Å²) in [6, 6.07) is 4.73. The highest BCUT2D eigenvalue weighted by molar-refractivity contribution is 7.56. The second-order valence-corrected chi connectivity index (χ2v) is 6.68. The van der Waals surface area contributed by atoms with Crippen LogP contribution >= 0.6 is 19.2 Å². The van der Waals surface area contributed by atoms with Crippen molar-refractivity contribution in [2.24, 2.45) is 0 Å². The van der Waals surface area contributed by atoms with Crippen LogP contribution in [0.2, 0.25) is 0 Å². The van der Waals surface area contributed by atoms with E-state index in [2.05, 4.69) is 4.74 Å². The maximum Gasteiger partial charge on any atom is 0.573 e. The van der Waals surface area contributed by atoms with E-state index in [4.69, 9.17) is 20.6 Å². The number of alkyl halides is 4. The average molecular weight is 347 g/mol. The molecule has 1 rings (SSSR count). The van der Waals surface area contributed by atoms with Gasteiger partial charge in [0.15, 0.2) is 5.12 Å². The number of ether oxygens (including phenoxy) is 1. The van der Waals surface area contributed by atoms with E-state index in [1.165, 1.54) is 12.1 Å². The molecule has 0 radical (unpaired) electrons. The Bertz CT molecular complexity index is 482. The van der Waals surface area contributed by atoms with Crippen molar-refractivity contribution >= 4 is 19.2 Å². The fourth-order valence-corrected chi connectivity index (χ4v) is 3.62. The quantitative estimate of drug-likeness (QED) is 0.509. The third-order valence-electron chi connectivity index (χ3n) is 2.28. The van der Waals surface area contributed by atoms with Crippen LogP contribution in [0.4, 0.5) is 13.2 Å². The summed E-state index contributed by atoms with van der Waals surface area (Å²) in [5.41, 5.74) is 0.316. The number of halogens is 4. The maximum absolute atomic E-state index is 12.4. The van der Waals surface area contributed by atoms with Crippen molar-refractivity contribution in [2.75, 3.05) is 13.2 Å². The van der Waals surface area contributed by atoms with E-state index in [1.54, 1.807) is 13.8 Å². The lowest BCUT2D eigenvalue weighted by Crippen LogP contribution is -2.17. The molecule has 0 spiro atoms. The van der Waals surface area contributed by atoms with Gasteiger partial charge in [-0.25, -0.2) is 0 Å².